The molecule has 0 saturated carbocycles. The van der Waals surface area contributed by atoms with Gasteiger partial charge < -0.3 is 5.11 Å². The number of hydrogen-bond donors (Lipinski definition) is 1. The van der Waals surface area contributed by atoms with Crippen LogP contribution in [0.25, 0.3) is 0 Å². The number of benzene rings is 1. The molecule has 0 bridgehead atoms. The van der Waals surface area contributed by atoms with Gasteiger partial charge in [0.2, 0.25) is 0 Å². The summed E-state index contributed by atoms with van der Waals surface area (Å²) in [6.07, 6.45) is 1.54. The SMILES string of the molecule is O=C(O)c1cc(Sc2ccc(Cl)cn2)ccc1Cl. The summed E-state index contributed by atoms with van der Waals surface area (Å²) >= 11 is 12.9. The average Bonchev–Trinajstić information content (AvgIpc) is 2.34. The Morgan fingerprint density at radius 3 is 2.61 bits per heavy atom. The molecule has 1 aromatic heterocycles. The predicted molar refractivity (Wildman–Crippen MR) is 71.8 cm³/mol. The van der Waals surface area contributed by atoms with Crippen LogP contribution < -0.4 is 0 Å². The normalized spacial score (nSPS) is 10.3. The minimum atomic E-state index is -1.05. The molecule has 18 heavy (non-hydrogen) atoms. The number of carboxylic acids is 1. The van der Waals surface area contributed by atoms with E-state index in [1.165, 1.54) is 24.0 Å². The molecular formula is C12H7Cl2NO2S. The molecule has 0 fully saturated rings. The third-order valence-corrected chi connectivity index (χ3v) is 3.58. The minimum absolute atomic E-state index is 0.0793. The smallest absolute Gasteiger partial charge is 0.337 e. The van der Waals surface area contributed by atoms with Gasteiger partial charge in [0.1, 0.15) is 5.03 Å². The largest absolute Gasteiger partial charge is 0.478 e. The summed E-state index contributed by atoms with van der Waals surface area (Å²) in [4.78, 5) is 15.8. The lowest BCUT2D eigenvalue weighted by Gasteiger charge is -2.04. The molecule has 0 amide bonds. The molecule has 92 valence electrons. The maximum Gasteiger partial charge on any atom is 0.337 e. The Hall–Kier alpha value is -1.23. The van der Waals surface area contributed by atoms with Crippen molar-refractivity contribution >= 4 is 40.9 Å². The Balaban J connectivity index is 2.27. The number of halogens is 2. The van der Waals surface area contributed by atoms with Crippen LogP contribution >= 0.6 is 35.0 Å². The summed E-state index contributed by atoms with van der Waals surface area (Å²) in [5.74, 6) is -1.05. The highest BCUT2D eigenvalue weighted by atomic mass is 35.5. The number of rotatable bonds is 3. The van der Waals surface area contributed by atoms with Gasteiger partial charge in [0, 0.05) is 11.1 Å². The van der Waals surface area contributed by atoms with E-state index in [-0.39, 0.29) is 10.6 Å². The maximum absolute atomic E-state index is 10.9. The Kier molecular flexibility index (Phi) is 4.11. The lowest BCUT2D eigenvalue weighted by Crippen LogP contribution is -1.97. The van der Waals surface area contributed by atoms with E-state index < -0.39 is 5.97 Å². The highest BCUT2D eigenvalue weighted by molar-refractivity contribution is 7.99. The first-order valence-electron chi connectivity index (χ1n) is 4.88. The van der Waals surface area contributed by atoms with Gasteiger partial charge in [-0.25, -0.2) is 9.78 Å². The standard InChI is InChI=1S/C12H7Cl2NO2S/c13-7-1-4-11(15-6-7)18-8-2-3-10(14)9(5-8)12(16)17/h1-6H,(H,16,17). The van der Waals surface area contributed by atoms with Crippen molar-refractivity contribution in [3.05, 3.63) is 52.1 Å². The van der Waals surface area contributed by atoms with Gasteiger partial charge in [-0.3, -0.25) is 0 Å². The van der Waals surface area contributed by atoms with Gasteiger partial charge in [0.05, 0.1) is 15.6 Å². The van der Waals surface area contributed by atoms with Gasteiger partial charge >= 0.3 is 5.97 Å². The summed E-state index contributed by atoms with van der Waals surface area (Å²) in [5.41, 5.74) is 0.0793. The van der Waals surface area contributed by atoms with Crippen LogP contribution in [-0.4, -0.2) is 16.1 Å². The van der Waals surface area contributed by atoms with Crippen LogP contribution in [0.1, 0.15) is 10.4 Å². The molecule has 1 heterocycles. The van der Waals surface area contributed by atoms with E-state index in [1.807, 2.05) is 0 Å². The molecular weight excluding hydrogens is 293 g/mol. The van der Waals surface area contributed by atoms with Gasteiger partial charge in [-0.2, -0.15) is 0 Å². The summed E-state index contributed by atoms with van der Waals surface area (Å²) in [6.45, 7) is 0. The quantitative estimate of drug-likeness (QED) is 0.921. The molecule has 0 unspecified atom stereocenters. The lowest BCUT2D eigenvalue weighted by atomic mass is 10.2. The van der Waals surface area contributed by atoms with Crippen molar-refractivity contribution in [2.24, 2.45) is 0 Å². The van der Waals surface area contributed by atoms with Crippen molar-refractivity contribution in [2.75, 3.05) is 0 Å². The number of hydrogen-bond acceptors (Lipinski definition) is 3. The molecule has 0 radical (unpaired) electrons. The lowest BCUT2D eigenvalue weighted by molar-refractivity contribution is 0.0697. The minimum Gasteiger partial charge on any atom is -0.478 e. The molecule has 0 aliphatic carbocycles. The van der Waals surface area contributed by atoms with Gasteiger partial charge in [-0.1, -0.05) is 35.0 Å². The molecule has 3 nitrogen and oxygen atoms in total. The first-order chi connectivity index (χ1) is 8.56. The number of carbonyl (C=O) groups is 1. The monoisotopic (exact) mass is 299 g/mol. The van der Waals surface area contributed by atoms with Gasteiger partial charge in [-0.15, -0.1) is 0 Å². The first-order valence-corrected chi connectivity index (χ1v) is 6.46. The number of pyridine rings is 1. The molecule has 2 aromatic rings. The van der Waals surface area contributed by atoms with Crippen molar-refractivity contribution < 1.29 is 9.90 Å². The zero-order valence-electron chi connectivity index (χ0n) is 8.93. The van der Waals surface area contributed by atoms with Crippen molar-refractivity contribution in [1.82, 2.24) is 4.98 Å². The fourth-order valence-corrected chi connectivity index (χ4v) is 2.38. The number of carboxylic acid groups (broad SMARTS) is 1. The van der Waals surface area contributed by atoms with Gasteiger partial charge in [0.15, 0.2) is 0 Å². The van der Waals surface area contributed by atoms with Crippen LogP contribution in [-0.2, 0) is 0 Å². The molecule has 1 aromatic carbocycles. The topological polar surface area (TPSA) is 50.2 Å². The molecule has 0 aliphatic rings. The van der Waals surface area contributed by atoms with Crippen LogP contribution in [0.3, 0.4) is 0 Å². The van der Waals surface area contributed by atoms with E-state index in [0.29, 0.717) is 5.02 Å². The Bertz CT molecular complexity index is 587. The van der Waals surface area contributed by atoms with Crippen molar-refractivity contribution in [2.45, 2.75) is 9.92 Å². The Morgan fingerprint density at radius 1 is 1.22 bits per heavy atom. The predicted octanol–water partition coefficient (Wildman–Crippen LogP) is 4.24. The summed E-state index contributed by atoms with van der Waals surface area (Å²) in [5, 5.41) is 10.5. The van der Waals surface area contributed by atoms with E-state index in [4.69, 9.17) is 28.3 Å². The zero-order chi connectivity index (χ0) is 13.1. The van der Waals surface area contributed by atoms with E-state index in [9.17, 15) is 4.79 Å². The second-order valence-corrected chi connectivity index (χ2v) is 5.30. The third kappa shape index (κ3) is 3.16. The molecule has 0 saturated heterocycles. The highest BCUT2D eigenvalue weighted by Crippen LogP contribution is 2.29. The Morgan fingerprint density at radius 2 is 2.00 bits per heavy atom. The van der Waals surface area contributed by atoms with Crippen LogP contribution in [0.15, 0.2) is 46.5 Å². The summed E-state index contributed by atoms with van der Waals surface area (Å²) in [6, 6.07) is 8.32. The second kappa shape index (κ2) is 5.61. The van der Waals surface area contributed by atoms with Crippen LogP contribution in [0.2, 0.25) is 10.0 Å². The molecule has 6 heteroatoms. The van der Waals surface area contributed by atoms with Crippen LogP contribution in [0, 0.1) is 0 Å². The van der Waals surface area contributed by atoms with E-state index in [1.54, 1.807) is 24.3 Å². The van der Waals surface area contributed by atoms with Crippen molar-refractivity contribution in [3.8, 4) is 0 Å². The number of aromatic nitrogens is 1. The maximum atomic E-state index is 10.9. The number of nitrogens with zero attached hydrogens (tertiary/aromatic N) is 1. The fraction of sp³-hybridized carbons (Fsp3) is 0. The first kappa shape index (κ1) is 13.2. The van der Waals surface area contributed by atoms with Crippen LogP contribution in [0.5, 0.6) is 0 Å². The molecule has 1 N–H and O–H groups in total. The van der Waals surface area contributed by atoms with E-state index >= 15 is 0 Å². The van der Waals surface area contributed by atoms with Crippen molar-refractivity contribution in [1.29, 1.82) is 0 Å². The van der Waals surface area contributed by atoms with Gasteiger partial charge in [-0.05, 0) is 30.3 Å². The molecule has 0 spiro atoms. The number of aromatic carboxylic acids is 1. The molecule has 2 rings (SSSR count). The summed E-state index contributed by atoms with van der Waals surface area (Å²) in [7, 11) is 0. The second-order valence-electron chi connectivity index (χ2n) is 3.36. The summed E-state index contributed by atoms with van der Waals surface area (Å²) < 4.78 is 0. The van der Waals surface area contributed by atoms with Gasteiger partial charge in [0.25, 0.3) is 0 Å². The highest BCUT2D eigenvalue weighted by Gasteiger charge is 2.10. The van der Waals surface area contributed by atoms with Crippen LogP contribution in [0.4, 0.5) is 0 Å². The van der Waals surface area contributed by atoms with Crippen molar-refractivity contribution in [3.63, 3.8) is 0 Å². The Labute approximate surface area is 118 Å². The van der Waals surface area contributed by atoms with E-state index in [2.05, 4.69) is 4.98 Å². The zero-order valence-corrected chi connectivity index (χ0v) is 11.3. The third-order valence-electron chi connectivity index (χ3n) is 2.09. The fourth-order valence-electron chi connectivity index (χ4n) is 1.28. The molecule has 0 aliphatic heterocycles. The molecule has 0 atom stereocenters. The van der Waals surface area contributed by atoms with E-state index in [0.717, 1.165) is 9.92 Å². The average molecular weight is 300 g/mol.